The van der Waals surface area contributed by atoms with Crippen LogP contribution in [0.25, 0.3) is 33.0 Å². The van der Waals surface area contributed by atoms with Gasteiger partial charge in [-0.25, -0.2) is 8.78 Å². The van der Waals surface area contributed by atoms with Gasteiger partial charge in [-0.3, -0.25) is 0 Å². The minimum absolute atomic E-state index is 0. The van der Waals surface area contributed by atoms with Crippen molar-refractivity contribution < 1.29 is 28.9 Å². The number of hydrogen-bond donors (Lipinski definition) is 0. The van der Waals surface area contributed by atoms with E-state index in [0.717, 1.165) is 10.8 Å². The summed E-state index contributed by atoms with van der Waals surface area (Å²) in [6.45, 7) is 0. The van der Waals surface area contributed by atoms with E-state index in [1.807, 2.05) is 30.3 Å². The fourth-order valence-corrected chi connectivity index (χ4v) is 3.53. The van der Waals surface area contributed by atoms with E-state index < -0.39 is 5.92 Å². The number of fused-ring (bicyclic) bond motifs is 4. The molecule has 0 saturated heterocycles. The standard InChI is InChI=1S/C22H11F2N.Ir/c23-22(24)20-8-4-3-7-17(20)19-13-25-12-18(21(19)22)16-10-9-14-5-1-2-6-15(14)11-16;/h1-10,13H;/q-2;. The third-order valence-electron chi connectivity index (χ3n) is 4.69. The zero-order valence-electron chi connectivity index (χ0n) is 13.4. The molecule has 4 aromatic rings. The topological polar surface area (TPSA) is 12.9 Å². The summed E-state index contributed by atoms with van der Waals surface area (Å²) >= 11 is 0. The van der Waals surface area contributed by atoms with Crippen LogP contribution in [0.3, 0.4) is 0 Å². The molecule has 1 aliphatic rings. The Balaban J connectivity index is 0.00000168. The van der Waals surface area contributed by atoms with Crippen molar-refractivity contribution in [2.24, 2.45) is 0 Å². The van der Waals surface area contributed by atoms with Crippen LogP contribution in [-0.4, -0.2) is 4.98 Å². The average Bonchev–Trinajstić information content (AvgIpc) is 2.90. The van der Waals surface area contributed by atoms with Crippen LogP contribution in [0.4, 0.5) is 8.78 Å². The molecule has 0 amide bonds. The summed E-state index contributed by atoms with van der Waals surface area (Å²) in [5.41, 5.74) is 1.88. The summed E-state index contributed by atoms with van der Waals surface area (Å²) in [5, 5.41) is 1.90. The van der Waals surface area contributed by atoms with Gasteiger partial charge in [0.15, 0.2) is 0 Å². The van der Waals surface area contributed by atoms with Crippen LogP contribution in [0.15, 0.2) is 66.9 Å². The van der Waals surface area contributed by atoms with Crippen LogP contribution in [0.1, 0.15) is 11.1 Å². The fraction of sp³-hybridized carbons (Fsp3) is 0.0455. The molecule has 0 N–H and O–H groups in total. The molecule has 3 aromatic carbocycles. The smallest absolute Gasteiger partial charge is 0.261 e. The van der Waals surface area contributed by atoms with Crippen LogP contribution in [0.5, 0.6) is 0 Å². The quantitative estimate of drug-likeness (QED) is 0.298. The van der Waals surface area contributed by atoms with Crippen molar-refractivity contribution in [3.63, 3.8) is 0 Å². The van der Waals surface area contributed by atoms with E-state index in [1.54, 1.807) is 24.3 Å². The van der Waals surface area contributed by atoms with Crippen molar-refractivity contribution in [3.8, 4) is 22.3 Å². The molecule has 1 aromatic heterocycles. The van der Waals surface area contributed by atoms with Gasteiger partial charge < -0.3 is 4.98 Å². The van der Waals surface area contributed by atoms with E-state index in [9.17, 15) is 0 Å². The van der Waals surface area contributed by atoms with Crippen LogP contribution in [0, 0.1) is 12.3 Å². The zero-order chi connectivity index (χ0) is 17.0. The van der Waals surface area contributed by atoms with Crippen LogP contribution in [0.2, 0.25) is 0 Å². The van der Waals surface area contributed by atoms with E-state index in [2.05, 4.69) is 17.2 Å². The van der Waals surface area contributed by atoms with Gasteiger partial charge in [-0.15, -0.1) is 17.5 Å². The molecule has 1 radical (unpaired) electrons. The van der Waals surface area contributed by atoms with E-state index in [0.29, 0.717) is 22.3 Å². The number of hydrogen-bond acceptors (Lipinski definition) is 1. The van der Waals surface area contributed by atoms with Gasteiger partial charge in [0.05, 0.1) is 0 Å². The molecule has 0 bridgehead atoms. The molecule has 0 atom stereocenters. The first-order valence-corrected chi connectivity index (χ1v) is 7.96. The number of nitrogens with zero attached hydrogens (tertiary/aromatic N) is 1. The molecule has 0 spiro atoms. The molecule has 26 heavy (non-hydrogen) atoms. The Hall–Kier alpha value is -2.42. The Labute approximate surface area is 163 Å². The number of alkyl halides is 2. The largest absolute Gasteiger partial charge is 0.368 e. The Morgan fingerprint density at radius 2 is 1.62 bits per heavy atom. The van der Waals surface area contributed by atoms with Gasteiger partial charge in [0, 0.05) is 25.7 Å². The van der Waals surface area contributed by atoms with Gasteiger partial charge in [-0.05, 0) is 5.56 Å². The van der Waals surface area contributed by atoms with Crippen molar-refractivity contribution in [3.05, 3.63) is 90.3 Å². The SMILES string of the molecule is FC1(F)c2ccccc2-c2cn[c-]c(-c3[c-]c4ccccc4cc3)c21.[Ir]. The molecule has 1 heterocycles. The number of benzene rings is 3. The van der Waals surface area contributed by atoms with E-state index in [-0.39, 0.29) is 31.2 Å². The Bertz CT molecular complexity index is 1140. The van der Waals surface area contributed by atoms with Gasteiger partial charge in [-0.1, -0.05) is 71.4 Å². The van der Waals surface area contributed by atoms with Crippen LogP contribution in [-0.2, 0) is 26.0 Å². The summed E-state index contributed by atoms with van der Waals surface area (Å²) < 4.78 is 30.3. The first kappa shape index (κ1) is 17.0. The number of pyridine rings is 1. The predicted molar refractivity (Wildman–Crippen MR) is 93.3 cm³/mol. The van der Waals surface area contributed by atoms with Crippen molar-refractivity contribution >= 4 is 10.8 Å². The molecular weight excluding hydrogens is 508 g/mol. The van der Waals surface area contributed by atoms with Crippen molar-refractivity contribution in [1.82, 2.24) is 4.98 Å². The molecule has 4 heteroatoms. The monoisotopic (exact) mass is 520 g/mol. The van der Waals surface area contributed by atoms with Crippen molar-refractivity contribution in [1.29, 1.82) is 0 Å². The number of halogens is 2. The first-order chi connectivity index (χ1) is 12.2. The van der Waals surface area contributed by atoms with Gasteiger partial charge in [0.2, 0.25) is 0 Å². The maximum atomic E-state index is 15.1. The molecular formula is C22H11F2IrN-2. The maximum absolute atomic E-state index is 15.1. The normalized spacial score (nSPS) is 13.8. The second-order valence-electron chi connectivity index (χ2n) is 6.11. The third kappa shape index (κ3) is 2.33. The summed E-state index contributed by atoms with van der Waals surface area (Å²) in [6.07, 6.45) is 4.25. The summed E-state index contributed by atoms with van der Waals surface area (Å²) in [6, 6.07) is 21.3. The third-order valence-corrected chi connectivity index (χ3v) is 4.69. The van der Waals surface area contributed by atoms with Gasteiger partial charge in [0.25, 0.3) is 5.92 Å². The van der Waals surface area contributed by atoms with Gasteiger partial charge in [0.1, 0.15) is 0 Å². The fourth-order valence-electron chi connectivity index (χ4n) is 3.53. The number of aromatic nitrogens is 1. The van der Waals surface area contributed by atoms with Gasteiger partial charge in [-0.2, -0.15) is 23.3 Å². The van der Waals surface area contributed by atoms with Gasteiger partial charge >= 0.3 is 0 Å². The van der Waals surface area contributed by atoms with E-state index in [4.69, 9.17) is 0 Å². The second-order valence-corrected chi connectivity index (χ2v) is 6.11. The summed E-state index contributed by atoms with van der Waals surface area (Å²) in [7, 11) is 0. The molecule has 0 aliphatic heterocycles. The molecule has 0 unspecified atom stereocenters. The second kappa shape index (κ2) is 6.08. The van der Waals surface area contributed by atoms with Crippen LogP contribution >= 0.6 is 0 Å². The summed E-state index contributed by atoms with van der Waals surface area (Å²) in [5.74, 6) is -3.07. The first-order valence-electron chi connectivity index (χ1n) is 7.96. The molecule has 1 nitrogen and oxygen atoms in total. The predicted octanol–water partition coefficient (Wildman–Crippen LogP) is 5.62. The van der Waals surface area contributed by atoms with E-state index >= 15 is 8.78 Å². The molecule has 1 aliphatic carbocycles. The van der Waals surface area contributed by atoms with Crippen molar-refractivity contribution in [2.45, 2.75) is 5.92 Å². The van der Waals surface area contributed by atoms with Crippen molar-refractivity contribution in [2.75, 3.05) is 0 Å². The average molecular weight is 520 g/mol. The minimum atomic E-state index is -3.07. The Morgan fingerprint density at radius 3 is 2.50 bits per heavy atom. The molecule has 129 valence electrons. The Kier molecular flexibility index (Phi) is 3.98. The van der Waals surface area contributed by atoms with E-state index in [1.165, 1.54) is 12.3 Å². The number of rotatable bonds is 1. The maximum Gasteiger partial charge on any atom is 0.261 e. The molecule has 0 saturated carbocycles. The molecule has 0 fully saturated rings. The Morgan fingerprint density at radius 1 is 0.846 bits per heavy atom. The summed E-state index contributed by atoms with van der Waals surface area (Å²) in [4.78, 5) is 4.10. The minimum Gasteiger partial charge on any atom is -0.368 e. The van der Waals surface area contributed by atoms with Crippen LogP contribution < -0.4 is 0 Å². The zero-order valence-corrected chi connectivity index (χ0v) is 15.8. The molecule has 5 rings (SSSR count).